The molecular weight excluding hydrogens is 365 g/mol. The highest BCUT2D eigenvalue weighted by molar-refractivity contribution is 14.1. The van der Waals surface area contributed by atoms with Crippen LogP contribution in [-0.4, -0.2) is 5.78 Å². The predicted octanol–water partition coefficient (Wildman–Crippen LogP) is 4.12. The summed E-state index contributed by atoms with van der Waals surface area (Å²) in [6, 6.07) is 14.9. The number of Topliss-reactive ketones (excluding diaryl/α,β-unsaturated/α-hetero) is 1. The highest BCUT2D eigenvalue weighted by Crippen LogP contribution is 2.34. The third kappa shape index (κ3) is 2.08. The topological polar surface area (TPSA) is 57.2 Å². The average Bonchev–Trinajstić information content (AvgIpc) is 2.74. The molecule has 0 amide bonds. The van der Waals surface area contributed by atoms with Crippen LogP contribution in [0.5, 0.6) is 0 Å². The molecule has 4 nitrogen and oxygen atoms in total. The first-order chi connectivity index (χ1) is 9.70. The van der Waals surface area contributed by atoms with Gasteiger partial charge in [-0.1, -0.05) is 24.3 Å². The first-order valence-corrected chi connectivity index (χ1v) is 7.04. The van der Waals surface area contributed by atoms with Crippen molar-refractivity contribution in [1.82, 2.24) is 0 Å². The highest BCUT2D eigenvalue weighted by Gasteiger charge is 2.39. The number of hydrogen-bond acceptors (Lipinski definition) is 3. The molecule has 2 aromatic rings. The number of ketones is 1. The summed E-state index contributed by atoms with van der Waals surface area (Å²) in [5.74, 6) is -0.267. The number of rotatable bonds is 2. The Morgan fingerprint density at radius 3 is 2.30 bits per heavy atom. The van der Waals surface area contributed by atoms with Crippen molar-refractivity contribution in [3.05, 3.63) is 73.9 Å². The van der Waals surface area contributed by atoms with Gasteiger partial charge in [0.2, 0.25) is 5.39 Å². The molecule has 2 aromatic carbocycles. The smallest absolute Gasteiger partial charge is 0.348 e. The van der Waals surface area contributed by atoms with Crippen molar-refractivity contribution < 1.29 is 4.79 Å². The van der Waals surface area contributed by atoms with E-state index in [0.29, 0.717) is 11.3 Å². The molecule has 1 aliphatic carbocycles. The predicted molar refractivity (Wildman–Crippen MR) is 85.6 cm³/mol. The molecule has 0 heterocycles. The summed E-state index contributed by atoms with van der Waals surface area (Å²) in [7, 11) is 0. The van der Waals surface area contributed by atoms with Gasteiger partial charge in [-0.05, 0) is 46.9 Å². The van der Waals surface area contributed by atoms with Crippen LogP contribution < -0.4 is 5.32 Å². The standard InChI is InChI=1S/C15H8IN3O/c16-9-5-7-10(8-6-9)18-13-11-3-1-2-4-12(11)15(20)14(13)19-17/h1-8H/p+1. The van der Waals surface area contributed by atoms with Gasteiger partial charge in [0.15, 0.2) is 4.98 Å². The van der Waals surface area contributed by atoms with E-state index in [9.17, 15) is 4.79 Å². The minimum atomic E-state index is -0.267. The zero-order valence-electron chi connectivity index (χ0n) is 10.3. The Kier molecular flexibility index (Phi) is 3.24. The van der Waals surface area contributed by atoms with Crippen molar-refractivity contribution in [3.63, 3.8) is 0 Å². The Morgan fingerprint density at radius 2 is 1.65 bits per heavy atom. The van der Waals surface area contributed by atoms with Gasteiger partial charge in [-0.15, -0.1) is 0 Å². The molecular formula is C15H9IN3O+. The minimum Gasteiger partial charge on any atom is -0.348 e. The van der Waals surface area contributed by atoms with E-state index in [1.807, 2.05) is 36.4 Å². The summed E-state index contributed by atoms with van der Waals surface area (Å²) in [6.45, 7) is 0. The zero-order chi connectivity index (χ0) is 14.1. The number of fused-ring (bicyclic) bond motifs is 1. The van der Waals surface area contributed by atoms with Crippen molar-refractivity contribution in [2.45, 2.75) is 0 Å². The lowest BCUT2D eigenvalue weighted by Crippen LogP contribution is -1.98. The lowest BCUT2D eigenvalue weighted by Gasteiger charge is -2.06. The lowest BCUT2D eigenvalue weighted by atomic mass is 10.1. The molecule has 0 spiro atoms. The summed E-state index contributed by atoms with van der Waals surface area (Å²) in [5.41, 5.74) is 2.72. The van der Waals surface area contributed by atoms with Gasteiger partial charge in [-0.25, -0.2) is 0 Å². The van der Waals surface area contributed by atoms with Crippen molar-refractivity contribution in [3.8, 4) is 0 Å². The molecule has 0 saturated heterocycles. The Hall–Kier alpha value is -2.20. The minimum absolute atomic E-state index is 0.0461. The number of halogens is 1. The fraction of sp³-hybridized carbons (Fsp3) is 0. The van der Waals surface area contributed by atoms with Gasteiger partial charge < -0.3 is 5.32 Å². The summed E-state index contributed by atoms with van der Waals surface area (Å²) < 4.78 is 1.12. The Bertz CT molecular complexity index is 772. The number of hydrogen-bond donors (Lipinski definition) is 1. The van der Waals surface area contributed by atoms with Crippen LogP contribution in [0, 0.1) is 8.96 Å². The van der Waals surface area contributed by atoms with Crippen LogP contribution in [0.4, 0.5) is 5.69 Å². The SMILES string of the molecule is N#[N+]C1=C(Nc2ccc(I)cc2)c2ccccc2C1=O. The summed E-state index contributed by atoms with van der Waals surface area (Å²) in [4.78, 5) is 15.3. The monoisotopic (exact) mass is 374 g/mol. The fourth-order valence-corrected chi connectivity index (χ4v) is 2.53. The maximum Gasteiger partial charge on any atom is 0.455 e. The molecule has 1 N–H and O–H groups in total. The van der Waals surface area contributed by atoms with Crippen molar-refractivity contribution >= 4 is 39.8 Å². The van der Waals surface area contributed by atoms with E-state index >= 15 is 0 Å². The number of allylic oxidation sites excluding steroid dienone is 1. The zero-order valence-corrected chi connectivity index (χ0v) is 12.5. The van der Waals surface area contributed by atoms with E-state index in [4.69, 9.17) is 5.39 Å². The van der Waals surface area contributed by atoms with Gasteiger partial charge >= 0.3 is 5.70 Å². The molecule has 1 aliphatic rings. The normalized spacial score (nSPS) is 13.1. The molecule has 3 rings (SSSR count). The molecule has 0 saturated carbocycles. The third-order valence-corrected chi connectivity index (χ3v) is 3.83. The molecule has 0 unspecified atom stereocenters. The molecule has 20 heavy (non-hydrogen) atoms. The van der Waals surface area contributed by atoms with Crippen LogP contribution in [-0.2, 0) is 0 Å². The van der Waals surface area contributed by atoms with Gasteiger partial charge in [0, 0.05) is 20.4 Å². The fourth-order valence-electron chi connectivity index (χ4n) is 2.17. The molecule has 0 radical (unpaired) electrons. The number of nitrogens with zero attached hydrogens (tertiary/aromatic N) is 2. The molecule has 96 valence electrons. The van der Waals surface area contributed by atoms with Crippen molar-refractivity contribution in [1.29, 1.82) is 5.39 Å². The number of carbonyl (C=O) groups excluding carboxylic acids is 1. The van der Waals surface area contributed by atoms with Gasteiger partial charge in [0.1, 0.15) is 5.70 Å². The van der Waals surface area contributed by atoms with Crippen LogP contribution in [0.25, 0.3) is 10.7 Å². The second kappa shape index (κ2) is 5.06. The molecule has 0 aromatic heterocycles. The van der Waals surface area contributed by atoms with E-state index in [2.05, 4.69) is 32.9 Å². The van der Waals surface area contributed by atoms with Crippen molar-refractivity contribution in [2.75, 3.05) is 5.32 Å². The van der Waals surface area contributed by atoms with E-state index in [1.54, 1.807) is 12.1 Å². The summed E-state index contributed by atoms with van der Waals surface area (Å²) in [5, 5.41) is 12.3. The Labute approximate surface area is 129 Å². The first-order valence-electron chi connectivity index (χ1n) is 5.97. The second-order valence-corrected chi connectivity index (χ2v) is 5.58. The number of anilines is 1. The quantitative estimate of drug-likeness (QED) is 0.636. The molecule has 5 heteroatoms. The Morgan fingerprint density at radius 1 is 1.00 bits per heavy atom. The number of nitrogens with one attached hydrogen (secondary N) is 1. The average molecular weight is 374 g/mol. The van der Waals surface area contributed by atoms with E-state index < -0.39 is 0 Å². The number of carbonyl (C=O) groups is 1. The number of benzene rings is 2. The van der Waals surface area contributed by atoms with Crippen LogP contribution in [0.2, 0.25) is 0 Å². The third-order valence-electron chi connectivity index (χ3n) is 3.11. The molecule has 0 fully saturated rings. The van der Waals surface area contributed by atoms with Gasteiger partial charge in [0.25, 0.3) is 5.78 Å². The van der Waals surface area contributed by atoms with Crippen LogP contribution in [0.15, 0.2) is 54.2 Å². The van der Waals surface area contributed by atoms with Crippen molar-refractivity contribution in [2.24, 2.45) is 0 Å². The molecule has 0 aliphatic heterocycles. The van der Waals surface area contributed by atoms with E-state index in [-0.39, 0.29) is 11.5 Å². The molecule has 0 bridgehead atoms. The summed E-state index contributed by atoms with van der Waals surface area (Å²) >= 11 is 2.22. The van der Waals surface area contributed by atoms with Gasteiger partial charge in [-0.2, -0.15) is 0 Å². The van der Waals surface area contributed by atoms with Crippen LogP contribution in [0.1, 0.15) is 15.9 Å². The lowest BCUT2D eigenvalue weighted by molar-refractivity contribution is 0.104. The van der Waals surface area contributed by atoms with E-state index in [0.717, 1.165) is 14.8 Å². The maximum absolute atomic E-state index is 12.1. The first kappa shape index (κ1) is 12.8. The maximum atomic E-state index is 12.1. The Balaban J connectivity index is 2.07. The van der Waals surface area contributed by atoms with Crippen LogP contribution in [0.3, 0.4) is 0 Å². The van der Waals surface area contributed by atoms with Gasteiger partial charge in [-0.3, -0.25) is 4.79 Å². The summed E-state index contributed by atoms with van der Waals surface area (Å²) in [6.07, 6.45) is 0. The second-order valence-electron chi connectivity index (χ2n) is 4.33. The largest absolute Gasteiger partial charge is 0.455 e. The van der Waals surface area contributed by atoms with Gasteiger partial charge in [0.05, 0.1) is 0 Å². The van der Waals surface area contributed by atoms with Crippen LogP contribution >= 0.6 is 22.6 Å². The van der Waals surface area contributed by atoms with E-state index in [1.165, 1.54) is 0 Å². The number of diazo groups is 1. The highest BCUT2D eigenvalue weighted by atomic mass is 127. The molecule has 0 atom stereocenters.